The quantitative estimate of drug-likeness (QED) is 0.635. The molecule has 0 saturated carbocycles. The summed E-state index contributed by atoms with van der Waals surface area (Å²) in [6, 6.07) is 0. The van der Waals surface area contributed by atoms with Gasteiger partial charge in [0.15, 0.2) is 0 Å². The van der Waals surface area contributed by atoms with Crippen LogP contribution in [0.25, 0.3) is 0 Å². The molecule has 10 heteroatoms. The number of likely N-dealkylation sites (tertiary alicyclic amines) is 2. The Morgan fingerprint density at radius 1 is 1.19 bits per heavy atom. The van der Waals surface area contributed by atoms with E-state index >= 15 is 0 Å². The molecule has 1 unspecified atom stereocenters. The molecule has 1 aromatic heterocycles. The van der Waals surface area contributed by atoms with Gasteiger partial charge in [-0.15, -0.1) is 10.2 Å². The first kappa shape index (κ1) is 23.6. The summed E-state index contributed by atoms with van der Waals surface area (Å²) in [6.45, 7) is 10.7. The Morgan fingerprint density at radius 2 is 1.90 bits per heavy atom. The van der Waals surface area contributed by atoms with Crippen molar-refractivity contribution in [2.45, 2.75) is 58.9 Å². The van der Waals surface area contributed by atoms with E-state index in [-0.39, 0.29) is 41.5 Å². The van der Waals surface area contributed by atoms with E-state index in [1.54, 1.807) is 4.90 Å². The molecule has 1 N–H and O–H groups in total. The molecule has 31 heavy (non-hydrogen) atoms. The second-order valence-corrected chi connectivity index (χ2v) is 10.2. The number of anilines is 1. The number of ether oxygens (including phenoxy) is 1. The zero-order chi connectivity index (χ0) is 22.6. The van der Waals surface area contributed by atoms with Crippen molar-refractivity contribution in [3.63, 3.8) is 0 Å². The molecule has 1 aromatic rings. The first-order valence-electron chi connectivity index (χ1n) is 11.0. The summed E-state index contributed by atoms with van der Waals surface area (Å²) in [5, 5.41) is 12.3. The predicted octanol–water partition coefficient (Wildman–Crippen LogP) is 1.94. The lowest BCUT2D eigenvalue weighted by Crippen LogP contribution is -2.46. The number of rotatable bonds is 7. The van der Waals surface area contributed by atoms with Crippen LogP contribution in [0.15, 0.2) is 0 Å². The molecule has 0 bridgehead atoms. The van der Waals surface area contributed by atoms with Crippen molar-refractivity contribution in [2.24, 2.45) is 11.8 Å². The second kappa shape index (κ2) is 10.0. The van der Waals surface area contributed by atoms with Crippen LogP contribution in [-0.2, 0) is 25.5 Å². The van der Waals surface area contributed by atoms with E-state index in [2.05, 4.69) is 15.5 Å². The van der Waals surface area contributed by atoms with E-state index < -0.39 is 0 Å². The van der Waals surface area contributed by atoms with Crippen LogP contribution in [0.1, 0.15) is 52.0 Å². The zero-order valence-electron chi connectivity index (χ0n) is 18.8. The van der Waals surface area contributed by atoms with Gasteiger partial charge in [-0.1, -0.05) is 11.3 Å². The third-order valence-electron chi connectivity index (χ3n) is 5.82. The van der Waals surface area contributed by atoms with Crippen LogP contribution in [0, 0.1) is 11.8 Å². The Bertz CT molecular complexity index is 798. The first-order chi connectivity index (χ1) is 14.7. The molecule has 0 spiro atoms. The molecule has 2 aliphatic rings. The van der Waals surface area contributed by atoms with Crippen LogP contribution >= 0.6 is 11.3 Å². The standard InChI is InChI=1S/C21H33N5O4S/c1-5-30-11-8-16-23-24-20(31-16)22-18(28)14-6-9-25(10-7-14)19(29)15-12-17(27)26(13-15)21(2,3)4/h14-15H,5-13H2,1-4H3,(H,22,24,28). The van der Waals surface area contributed by atoms with Crippen molar-refractivity contribution in [3.05, 3.63) is 5.01 Å². The lowest BCUT2D eigenvalue weighted by atomic mass is 9.94. The van der Waals surface area contributed by atoms with Gasteiger partial charge >= 0.3 is 0 Å². The third-order valence-corrected chi connectivity index (χ3v) is 6.72. The molecule has 0 radical (unpaired) electrons. The van der Waals surface area contributed by atoms with Crippen LogP contribution in [0.2, 0.25) is 0 Å². The van der Waals surface area contributed by atoms with Crippen molar-refractivity contribution < 1.29 is 19.1 Å². The predicted molar refractivity (Wildman–Crippen MR) is 118 cm³/mol. The van der Waals surface area contributed by atoms with Gasteiger partial charge < -0.3 is 19.9 Å². The van der Waals surface area contributed by atoms with Crippen molar-refractivity contribution in [1.29, 1.82) is 0 Å². The van der Waals surface area contributed by atoms with Gasteiger partial charge in [-0.25, -0.2) is 0 Å². The maximum atomic E-state index is 12.9. The lowest BCUT2D eigenvalue weighted by molar-refractivity contribution is -0.138. The third kappa shape index (κ3) is 6.00. The highest BCUT2D eigenvalue weighted by molar-refractivity contribution is 7.15. The molecule has 0 aliphatic carbocycles. The average molecular weight is 452 g/mol. The Morgan fingerprint density at radius 3 is 2.52 bits per heavy atom. The minimum absolute atomic E-state index is 0.0296. The number of hydrogen-bond acceptors (Lipinski definition) is 7. The number of aromatic nitrogens is 2. The molecule has 2 fully saturated rings. The van der Waals surface area contributed by atoms with Crippen LogP contribution < -0.4 is 5.32 Å². The van der Waals surface area contributed by atoms with Crippen molar-refractivity contribution >= 4 is 34.2 Å². The van der Waals surface area contributed by atoms with Gasteiger partial charge in [-0.2, -0.15) is 0 Å². The summed E-state index contributed by atoms with van der Waals surface area (Å²) < 4.78 is 5.32. The van der Waals surface area contributed by atoms with Gasteiger partial charge in [0.1, 0.15) is 5.01 Å². The summed E-state index contributed by atoms with van der Waals surface area (Å²) >= 11 is 1.36. The maximum Gasteiger partial charge on any atom is 0.229 e. The van der Waals surface area contributed by atoms with Crippen LogP contribution in [0.5, 0.6) is 0 Å². The molecule has 9 nitrogen and oxygen atoms in total. The van der Waals surface area contributed by atoms with Gasteiger partial charge in [-0.3, -0.25) is 14.4 Å². The van der Waals surface area contributed by atoms with Crippen LogP contribution in [0.4, 0.5) is 5.13 Å². The highest BCUT2D eigenvalue weighted by Gasteiger charge is 2.41. The van der Waals surface area contributed by atoms with E-state index in [1.807, 2.05) is 32.6 Å². The van der Waals surface area contributed by atoms with E-state index in [1.165, 1.54) is 11.3 Å². The molecule has 0 aromatic carbocycles. The van der Waals surface area contributed by atoms with Gasteiger partial charge in [0.25, 0.3) is 0 Å². The normalized spacial score (nSPS) is 20.4. The fourth-order valence-corrected chi connectivity index (χ4v) is 4.78. The lowest BCUT2D eigenvalue weighted by Gasteiger charge is -2.34. The highest BCUT2D eigenvalue weighted by Crippen LogP contribution is 2.29. The number of carbonyl (C=O) groups is 3. The number of hydrogen-bond donors (Lipinski definition) is 1. The molecule has 172 valence electrons. The van der Waals surface area contributed by atoms with Crippen molar-refractivity contribution in [2.75, 3.05) is 38.2 Å². The van der Waals surface area contributed by atoms with Crippen LogP contribution in [-0.4, -0.2) is 76.1 Å². The van der Waals surface area contributed by atoms with Gasteiger partial charge in [0, 0.05) is 50.5 Å². The molecular weight excluding hydrogens is 418 g/mol. The minimum Gasteiger partial charge on any atom is -0.381 e. The molecule has 2 aliphatic heterocycles. The Balaban J connectivity index is 1.45. The van der Waals surface area contributed by atoms with Crippen molar-refractivity contribution in [1.82, 2.24) is 20.0 Å². The number of nitrogens with one attached hydrogen (secondary N) is 1. The Labute approximate surface area is 187 Å². The minimum atomic E-state index is -0.284. The first-order valence-corrected chi connectivity index (χ1v) is 11.8. The van der Waals surface area contributed by atoms with Crippen LogP contribution in [0.3, 0.4) is 0 Å². The highest BCUT2D eigenvalue weighted by atomic mass is 32.1. The molecule has 2 saturated heterocycles. The fraction of sp³-hybridized carbons (Fsp3) is 0.762. The van der Waals surface area contributed by atoms with E-state index in [0.717, 1.165) is 5.01 Å². The summed E-state index contributed by atoms with van der Waals surface area (Å²) in [5.74, 6) is -0.445. The molecule has 3 heterocycles. The number of amides is 3. The second-order valence-electron chi connectivity index (χ2n) is 9.11. The van der Waals surface area contributed by atoms with Gasteiger partial charge in [0.2, 0.25) is 22.9 Å². The molecule has 1 atom stereocenters. The summed E-state index contributed by atoms with van der Waals surface area (Å²) in [6.07, 6.45) is 2.17. The number of nitrogens with zero attached hydrogens (tertiary/aromatic N) is 4. The van der Waals surface area contributed by atoms with E-state index in [0.29, 0.717) is 57.2 Å². The summed E-state index contributed by atoms with van der Waals surface area (Å²) in [5.41, 5.74) is -0.273. The van der Waals surface area contributed by atoms with E-state index in [4.69, 9.17) is 4.74 Å². The summed E-state index contributed by atoms with van der Waals surface area (Å²) in [4.78, 5) is 41.4. The topological polar surface area (TPSA) is 105 Å². The van der Waals surface area contributed by atoms with E-state index in [9.17, 15) is 14.4 Å². The SMILES string of the molecule is CCOCCc1nnc(NC(=O)C2CCN(C(=O)C3CC(=O)N(C(C)(C)C)C3)CC2)s1. The number of carbonyl (C=O) groups excluding carboxylic acids is 3. The molecule has 3 rings (SSSR count). The maximum absolute atomic E-state index is 12.9. The molecule has 3 amide bonds. The van der Waals surface area contributed by atoms with Gasteiger partial charge in [0.05, 0.1) is 12.5 Å². The Kier molecular flexibility index (Phi) is 7.64. The largest absolute Gasteiger partial charge is 0.381 e. The average Bonchev–Trinajstić information content (AvgIpc) is 3.34. The van der Waals surface area contributed by atoms with Gasteiger partial charge in [-0.05, 0) is 40.5 Å². The zero-order valence-corrected chi connectivity index (χ0v) is 19.7. The smallest absolute Gasteiger partial charge is 0.229 e. The monoisotopic (exact) mass is 451 g/mol. The fourth-order valence-electron chi connectivity index (χ4n) is 4.06. The number of piperidine rings is 1. The Hall–Kier alpha value is -2.07. The van der Waals surface area contributed by atoms with Crippen molar-refractivity contribution in [3.8, 4) is 0 Å². The molecular formula is C21H33N5O4S. The summed E-state index contributed by atoms with van der Waals surface area (Å²) in [7, 11) is 0.